The third-order valence-electron chi connectivity index (χ3n) is 1.40. The van der Waals surface area contributed by atoms with Gasteiger partial charge in [0, 0.05) is 0 Å². The van der Waals surface area contributed by atoms with Gasteiger partial charge in [-0.3, -0.25) is 4.79 Å². The predicted octanol–water partition coefficient (Wildman–Crippen LogP) is 1.28. The summed E-state index contributed by atoms with van der Waals surface area (Å²) in [4.78, 5) is 10.9. The Morgan fingerprint density at radius 2 is 1.92 bits per heavy atom. The van der Waals surface area contributed by atoms with E-state index in [1.807, 2.05) is 30.3 Å². The molecule has 0 heterocycles. The van der Waals surface area contributed by atoms with Crippen molar-refractivity contribution in [2.45, 2.75) is 0 Å². The van der Waals surface area contributed by atoms with Crippen molar-refractivity contribution in [2.75, 3.05) is 0 Å². The van der Waals surface area contributed by atoms with Crippen LogP contribution in [0.2, 0.25) is 0 Å². The number of carbonyl (C=O) groups excluding carboxylic acids is 1. The highest BCUT2D eigenvalue weighted by atomic mass is 32.1. The SMILES string of the molecule is O=S=CC(=O)C=Cc1ccccc1. The molecule has 0 saturated heterocycles. The first-order chi connectivity index (χ1) is 6.33. The van der Waals surface area contributed by atoms with Crippen LogP contribution in [0, 0.1) is 0 Å². The van der Waals surface area contributed by atoms with Crippen LogP contribution in [0.15, 0.2) is 36.4 Å². The van der Waals surface area contributed by atoms with Crippen molar-refractivity contribution in [1.82, 2.24) is 0 Å². The summed E-state index contributed by atoms with van der Waals surface area (Å²) in [7, 11) is 0. The van der Waals surface area contributed by atoms with E-state index in [-0.39, 0.29) is 17.0 Å². The van der Waals surface area contributed by atoms with Gasteiger partial charge in [-0.1, -0.05) is 36.4 Å². The van der Waals surface area contributed by atoms with E-state index in [1.165, 1.54) is 6.08 Å². The fourth-order valence-electron chi connectivity index (χ4n) is 0.829. The lowest BCUT2D eigenvalue weighted by Crippen LogP contribution is -1.91. The Morgan fingerprint density at radius 3 is 2.54 bits per heavy atom. The molecule has 1 rings (SSSR count). The third kappa shape index (κ3) is 3.62. The molecule has 0 spiro atoms. The summed E-state index contributed by atoms with van der Waals surface area (Å²) in [6, 6.07) is 9.44. The monoisotopic (exact) mass is 192 g/mol. The molecule has 0 radical (unpaired) electrons. The molecule has 1 aromatic rings. The Kier molecular flexibility index (Phi) is 3.85. The Morgan fingerprint density at radius 1 is 1.23 bits per heavy atom. The molecule has 0 saturated carbocycles. The van der Waals surface area contributed by atoms with E-state index in [0.717, 1.165) is 10.9 Å². The molecule has 0 aliphatic rings. The van der Waals surface area contributed by atoms with E-state index in [1.54, 1.807) is 6.08 Å². The Labute approximate surface area is 80.0 Å². The van der Waals surface area contributed by atoms with Crippen LogP contribution in [0.25, 0.3) is 6.08 Å². The molecule has 0 N–H and O–H groups in total. The molecule has 0 amide bonds. The summed E-state index contributed by atoms with van der Waals surface area (Å²) in [5.41, 5.74) is 0.945. The van der Waals surface area contributed by atoms with Crippen molar-refractivity contribution in [2.24, 2.45) is 0 Å². The van der Waals surface area contributed by atoms with E-state index in [0.29, 0.717) is 0 Å². The second-order valence-electron chi connectivity index (χ2n) is 2.36. The second kappa shape index (κ2) is 5.22. The molecule has 0 aliphatic carbocycles. The molecular formula is C10H8O2S. The quantitative estimate of drug-likeness (QED) is 0.534. The number of rotatable bonds is 3. The summed E-state index contributed by atoms with van der Waals surface area (Å²) in [6.45, 7) is 0. The van der Waals surface area contributed by atoms with Gasteiger partial charge in [-0.25, -0.2) is 4.21 Å². The second-order valence-corrected chi connectivity index (χ2v) is 2.79. The van der Waals surface area contributed by atoms with Crippen LogP contribution in [0.3, 0.4) is 0 Å². The van der Waals surface area contributed by atoms with Crippen LogP contribution in [0.4, 0.5) is 0 Å². The lowest BCUT2D eigenvalue weighted by atomic mass is 10.2. The average Bonchev–Trinajstić information content (AvgIpc) is 2.17. The minimum Gasteiger partial charge on any atom is -0.289 e. The van der Waals surface area contributed by atoms with Gasteiger partial charge in [-0.15, -0.1) is 0 Å². The minimum atomic E-state index is -0.274. The maximum absolute atomic E-state index is 10.9. The van der Waals surface area contributed by atoms with Crippen molar-refractivity contribution in [3.63, 3.8) is 0 Å². The molecule has 0 bridgehead atoms. The van der Waals surface area contributed by atoms with Crippen LogP contribution in [0.5, 0.6) is 0 Å². The number of hydrogen-bond donors (Lipinski definition) is 0. The van der Waals surface area contributed by atoms with Gasteiger partial charge < -0.3 is 0 Å². The molecule has 1 aromatic carbocycles. The number of allylic oxidation sites excluding steroid dienone is 1. The lowest BCUT2D eigenvalue weighted by Gasteiger charge is -1.88. The molecule has 0 aromatic heterocycles. The topological polar surface area (TPSA) is 34.1 Å². The van der Waals surface area contributed by atoms with Gasteiger partial charge in [0.05, 0.1) is 16.6 Å². The zero-order chi connectivity index (χ0) is 9.52. The van der Waals surface area contributed by atoms with E-state index in [2.05, 4.69) is 0 Å². The van der Waals surface area contributed by atoms with Crippen LogP contribution >= 0.6 is 0 Å². The Balaban J connectivity index is 2.69. The van der Waals surface area contributed by atoms with Gasteiger partial charge in [0.25, 0.3) is 0 Å². The molecule has 3 heteroatoms. The van der Waals surface area contributed by atoms with Gasteiger partial charge in [-0.05, 0) is 11.6 Å². The Hall–Kier alpha value is -1.48. The van der Waals surface area contributed by atoms with Gasteiger partial charge in [0.15, 0.2) is 5.78 Å². The molecular weight excluding hydrogens is 184 g/mol. The highest BCUT2D eigenvalue weighted by Crippen LogP contribution is 2.00. The molecule has 2 nitrogen and oxygen atoms in total. The molecule has 13 heavy (non-hydrogen) atoms. The predicted molar refractivity (Wildman–Crippen MR) is 54.7 cm³/mol. The lowest BCUT2D eigenvalue weighted by molar-refractivity contribution is -0.108. The summed E-state index contributed by atoms with van der Waals surface area (Å²) in [6.07, 6.45) is 3.05. The minimum absolute atomic E-state index is 0.169. The maximum atomic E-state index is 10.9. The molecule has 0 atom stereocenters. The molecule has 66 valence electrons. The van der Waals surface area contributed by atoms with Gasteiger partial charge in [0.2, 0.25) is 0 Å². The summed E-state index contributed by atoms with van der Waals surface area (Å²) in [5, 5.41) is 1.03. The van der Waals surface area contributed by atoms with E-state index < -0.39 is 0 Å². The molecule has 0 unspecified atom stereocenters. The first kappa shape index (κ1) is 9.61. The zero-order valence-corrected chi connectivity index (χ0v) is 7.66. The average molecular weight is 192 g/mol. The normalized spacial score (nSPS) is 9.85. The van der Waals surface area contributed by atoms with Crippen LogP contribution < -0.4 is 0 Å². The van der Waals surface area contributed by atoms with Gasteiger partial charge in [0.1, 0.15) is 0 Å². The van der Waals surface area contributed by atoms with Crippen molar-refractivity contribution >= 4 is 28.5 Å². The highest BCUT2D eigenvalue weighted by molar-refractivity contribution is 7.66. The summed E-state index contributed by atoms with van der Waals surface area (Å²) < 4.78 is 9.96. The maximum Gasteiger partial charge on any atom is 0.191 e. The number of carbonyl (C=O) groups is 1. The fraction of sp³-hybridized carbons (Fsp3) is 0. The standard InChI is InChI=1S/C10H8O2S/c11-10(8-13-12)7-6-9-4-2-1-3-5-9/h1-8H. The van der Waals surface area contributed by atoms with Gasteiger partial charge >= 0.3 is 0 Å². The van der Waals surface area contributed by atoms with Crippen LogP contribution in [-0.2, 0) is 16.1 Å². The number of hydrogen-bond acceptors (Lipinski definition) is 2. The third-order valence-corrected chi connectivity index (χ3v) is 1.73. The largest absolute Gasteiger partial charge is 0.289 e. The Bertz CT molecular complexity index is 362. The van der Waals surface area contributed by atoms with Crippen molar-refractivity contribution < 1.29 is 9.00 Å². The first-order valence-corrected chi connectivity index (χ1v) is 4.52. The molecule has 0 fully saturated rings. The first-order valence-electron chi connectivity index (χ1n) is 3.72. The summed E-state index contributed by atoms with van der Waals surface area (Å²) in [5.74, 6) is -0.274. The van der Waals surface area contributed by atoms with Gasteiger partial charge in [-0.2, -0.15) is 0 Å². The van der Waals surface area contributed by atoms with Crippen LogP contribution in [0.1, 0.15) is 5.56 Å². The van der Waals surface area contributed by atoms with Crippen LogP contribution in [-0.4, -0.2) is 15.4 Å². The van der Waals surface area contributed by atoms with Crippen molar-refractivity contribution in [1.29, 1.82) is 0 Å². The smallest absolute Gasteiger partial charge is 0.191 e. The number of benzene rings is 1. The summed E-state index contributed by atoms with van der Waals surface area (Å²) >= 11 is 0.169. The highest BCUT2D eigenvalue weighted by Gasteiger charge is 1.88. The van der Waals surface area contributed by atoms with E-state index >= 15 is 0 Å². The zero-order valence-electron chi connectivity index (χ0n) is 6.84. The number of ketones is 1. The van der Waals surface area contributed by atoms with Crippen molar-refractivity contribution in [3.8, 4) is 0 Å². The fourth-order valence-corrected chi connectivity index (χ4v) is 1.00. The van der Waals surface area contributed by atoms with Crippen molar-refractivity contribution in [3.05, 3.63) is 42.0 Å². The molecule has 0 aliphatic heterocycles. The van der Waals surface area contributed by atoms with E-state index in [4.69, 9.17) is 0 Å². The van der Waals surface area contributed by atoms with E-state index in [9.17, 15) is 9.00 Å².